The maximum absolute atomic E-state index is 5.08. The molecule has 9 aromatic rings. The van der Waals surface area contributed by atoms with Crippen molar-refractivity contribution in [3.8, 4) is 22.6 Å². The molecular formula is C53H50N5Pt-. The minimum atomic E-state index is 0. The van der Waals surface area contributed by atoms with Gasteiger partial charge in [-0.3, -0.25) is 0 Å². The SMILES string of the molecule is Cc1cccc(C)c1N(c1[c-]c(-n2[cH+]n(C(C)C)c3ccccc32)ccc1)c1[c-]c2c(cc1)c1ccccc1n2-c1cc(-c2c(C(C)C)cccc2C(C)C)ccn1.[Pt]. The molecule has 3 aromatic heterocycles. The number of imidazole rings is 1. The summed E-state index contributed by atoms with van der Waals surface area (Å²) in [5.41, 5.74) is 15.9. The zero-order valence-corrected chi connectivity index (χ0v) is 37.3. The molecule has 0 bridgehead atoms. The fraction of sp³-hybridized carbons (Fsp3) is 0.208. The van der Waals surface area contributed by atoms with Gasteiger partial charge in [0.25, 0.3) is 0 Å². The number of fused-ring (bicyclic) bond motifs is 4. The molecule has 0 saturated carbocycles. The minimum absolute atomic E-state index is 0. The Hall–Kier alpha value is -5.77. The summed E-state index contributed by atoms with van der Waals surface area (Å²) < 4.78 is 6.88. The minimum Gasteiger partial charge on any atom is -0.357 e. The summed E-state index contributed by atoms with van der Waals surface area (Å²) in [5, 5.41) is 2.30. The van der Waals surface area contributed by atoms with Gasteiger partial charge in [-0.1, -0.05) is 105 Å². The molecule has 0 aliphatic carbocycles. The second-order valence-electron chi connectivity index (χ2n) is 16.5. The van der Waals surface area contributed by atoms with E-state index in [-0.39, 0.29) is 21.1 Å². The Labute approximate surface area is 362 Å². The quantitative estimate of drug-likeness (QED) is 0.135. The van der Waals surface area contributed by atoms with Crippen LogP contribution in [0.25, 0.3) is 55.5 Å². The zero-order chi connectivity index (χ0) is 40.2. The second kappa shape index (κ2) is 16.1. The Morgan fingerprint density at radius 3 is 1.93 bits per heavy atom. The molecule has 0 fully saturated rings. The van der Waals surface area contributed by atoms with Crippen molar-refractivity contribution >= 4 is 49.9 Å². The van der Waals surface area contributed by atoms with Crippen LogP contribution in [0.3, 0.4) is 0 Å². The number of para-hydroxylation sites is 4. The molecule has 0 aliphatic rings. The van der Waals surface area contributed by atoms with E-state index in [1.807, 2.05) is 6.20 Å². The number of aryl methyl sites for hydroxylation is 2. The molecule has 0 aliphatic heterocycles. The number of nitrogens with zero attached hydrogens (tertiary/aromatic N) is 5. The summed E-state index contributed by atoms with van der Waals surface area (Å²) >= 11 is 0. The summed E-state index contributed by atoms with van der Waals surface area (Å²) in [4.78, 5) is 7.41. The number of benzene rings is 6. The molecule has 0 spiro atoms. The van der Waals surface area contributed by atoms with Gasteiger partial charge in [0.1, 0.15) is 5.82 Å². The van der Waals surface area contributed by atoms with E-state index in [0.717, 1.165) is 50.5 Å². The van der Waals surface area contributed by atoms with Crippen molar-refractivity contribution in [2.75, 3.05) is 4.90 Å². The van der Waals surface area contributed by atoms with Crippen molar-refractivity contribution in [2.45, 2.75) is 73.3 Å². The van der Waals surface area contributed by atoms with Crippen molar-refractivity contribution in [3.05, 3.63) is 174 Å². The van der Waals surface area contributed by atoms with Gasteiger partial charge in [-0.05, 0) is 109 Å². The number of aromatic nitrogens is 4. The van der Waals surface area contributed by atoms with Gasteiger partial charge in [0.05, 0.1) is 6.04 Å². The van der Waals surface area contributed by atoms with Gasteiger partial charge in [0.15, 0.2) is 17.4 Å². The van der Waals surface area contributed by atoms with E-state index in [1.165, 1.54) is 44.3 Å². The summed E-state index contributed by atoms with van der Waals surface area (Å²) in [6.07, 6.45) is 4.17. The van der Waals surface area contributed by atoms with Crippen LogP contribution in [0.4, 0.5) is 17.1 Å². The van der Waals surface area contributed by atoms with E-state index < -0.39 is 0 Å². The molecule has 6 heteroatoms. The van der Waals surface area contributed by atoms with E-state index in [9.17, 15) is 0 Å². The van der Waals surface area contributed by atoms with Crippen molar-refractivity contribution in [3.63, 3.8) is 0 Å². The van der Waals surface area contributed by atoms with Gasteiger partial charge in [-0.2, -0.15) is 12.1 Å². The van der Waals surface area contributed by atoms with E-state index in [0.29, 0.717) is 17.9 Å². The van der Waals surface area contributed by atoms with Crippen LogP contribution >= 0.6 is 0 Å². The largest absolute Gasteiger partial charge is 0.357 e. The second-order valence-corrected chi connectivity index (χ2v) is 16.5. The maximum atomic E-state index is 5.08. The summed E-state index contributed by atoms with van der Waals surface area (Å²) in [6, 6.07) is 54.0. The van der Waals surface area contributed by atoms with Crippen LogP contribution in [-0.2, 0) is 21.1 Å². The van der Waals surface area contributed by atoms with Crippen LogP contribution in [0.2, 0.25) is 0 Å². The van der Waals surface area contributed by atoms with E-state index in [4.69, 9.17) is 4.98 Å². The predicted octanol–water partition coefficient (Wildman–Crippen LogP) is 14.4. The molecular weight excluding hydrogens is 902 g/mol. The van der Waals surface area contributed by atoms with Gasteiger partial charge >= 0.3 is 0 Å². The zero-order valence-electron chi connectivity index (χ0n) is 35.1. The Bertz CT molecular complexity index is 2940. The summed E-state index contributed by atoms with van der Waals surface area (Å²) in [6.45, 7) is 18.0. The topological polar surface area (TPSA) is 30.9 Å². The maximum Gasteiger partial charge on any atom is 0.188 e. The van der Waals surface area contributed by atoms with Crippen molar-refractivity contribution in [2.24, 2.45) is 0 Å². The smallest absolute Gasteiger partial charge is 0.188 e. The molecule has 0 N–H and O–H groups in total. The Balaban J connectivity index is 0.00000484. The number of pyridine rings is 1. The molecule has 0 atom stereocenters. The van der Waals surface area contributed by atoms with Crippen LogP contribution in [0.5, 0.6) is 0 Å². The summed E-state index contributed by atoms with van der Waals surface area (Å²) in [7, 11) is 0. The van der Waals surface area contributed by atoms with Crippen molar-refractivity contribution in [1.29, 1.82) is 0 Å². The third-order valence-electron chi connectivity index (χ3n) is 11.6. The van der Waals surface area contributed by atoms with E-state index in [2.05, 4.69) is 220 Å². The van der Waals surface area contributed by atoms with Gasteiger partial charge in [0.2, 0.25) is 0 Å². The predicted molar refractivity (Wildman–Crippen MR) is 244 cm³/mol. The number of rotatable bonds is 9. The molecule has 3 heterocycles. The van der Waals surface area contributed by atoms with Crippen molar-refractivity contribution < 1.29 is 21.1 Å². The molecule has 59 heavy (non-hydrogen) atoms. The van der Waals surface area contributed by atoms with Gasteiger partial charge in [-0.25, -0.2) is 14.1 Å². The van der Waals surface area contributed by atoms with Crippen molar-refractivity contribution in [1.82, 2.24) is 18.7 Å². The molecule has 9 rings (SSSR count). The molecule has 0 amide bonds. The van der Waals surface area contributed by atoms with Crippen LogP contribution in [0.15, 0.2) is 140 Å². The van der Waals surface area contributed by atoms with Crippen LogP contribution in [0.1, 0.15) is 81.7 Å². The first-order valence-electron chi connectivity index (χ1n) is 20.6. The monoisotopic (exact) mass is 951 g/mol. The van der Waals surface area contributed by atoms with Gasteiger partial charge in [-0.15, -0.1) is 29.7 Å². The average Bonchev–Trinajstić information content (AvgIpc) is 3.78. The summed E-state index contributed by atoms with van der Waals surface area (Å²) in [5.74, 6) is 1.64. The number of anilines is 3. The molecule has 0 saturated heterocycles. The van der Waals surface area contributed by atoms with Crippen LogP contribution in [-0.4, -0.2) is 18.7 Å². The standard InChI is InChI=1S/C53H50N5.Pt/c1-34(2)43-21-15-22-44(35(3)4)52(43)39-28-29-54-51(30-39)58-47-23-10-9-20-45(47)46-27-26-42(32-50(46)58)57(53-37(7)16-13-17-38(53)8)41-19-14-18-40(31-41)56-33-55(36(5)6)48-24-11-12-25-49(48)56;/h9-30,33-36H,1-8H3;/q-1;. The van der Waals surface area contributed by atoms with Gasteiger partial charge in [0, 0.05) is 56.3 Å². The van der Waals surface area contributed by atoms with E-state index in [1.54, 1.807) is 0 Å². The molecule has 0 radical (unpaired) electrons. The number of hydrogen-bond acceptors (Lipinski definition) is 2. The third-order valence-corrected chi connectivity index (χ3v) is 11.6. The van der Waals surface area contributed by atoms with E-state index >= 15 is 0 Å². The Morgan fingerprint density at radius 1 is 0.610 bits per heavy atom. The first-order chi connectivity index (χ1) is 28.1. The molecule has 6 aromatic carbocycles. The van der Waals surface area contributed by atoms with Crippen LogP contribution < -0.4 is 4.90 Å². The normalized spacial score (nSPS) is 11.7. The first-order valence-corrected chi connectivity index (χ1v) is 20.6. The Morgan fingerprint density at radius 2 is 1.24 bits per heavy atom. The van der Waals surface area contributed by atoms with Crippen LogP contribution in [0, 0.1) is 26.0 Å². The molecule has 0 unspecified atom stereocenters. The Kier molecular flexibility index (Phi) is 10.9. The fourth-order valence-corrected chi connectivity index (χ4v) is 8.81. The molecule has 5 nitrogen and oxygen atoms in total. The molecule has 298 valence electrons. The van der Waals surface area contributed by atoms with Gasteiger partial charge < -0.3 is 9.47 Å². The third kappa shape index (κ3) is 7.00. The average molecular weight is 952 g/mol. The first kappa shape index (κ1) is 40.0. The number of hydrogen-bond donors (Lipinski definition) is 0. The fourth-order valence-electron chi connectivity index (χ4n) is 8.81.